The van der Waals surface area contributed by atoms with E-state index in [1.165, 1.54) is 7.11 Å². The summed E-state index contributed by atoms with van der Waals surface area (Å²) >= 11 is 0. The second-order valence-electron chi connectivity index (χ2n) is 4.20. The van der Waals surface area contributed by atoms with Crippen molar-refractivity contribution in [3.8, 4) is 11.5 Å². The van der Waals surface area contributed by atoms with E-state index in [1.807, 2.05) is 13.8 Å². The largest absolute Gasteiger partial charge is 0.490 e. The van der Waals surface area contributed by atoms with Crippen LogP contribution in [0, 0.1) is 0 Å². The molecule has 0 radical (unpaired) electrons. The van der Waals surface area contributed by atoms with Crippen molar-refractivity contribution < 1.29 is 24.1 Å². The summed E-state index contributed by atoms with van der Waals surface area (Å²) in [6.45, 7) is 4.84. The number of esters is 1. The molecule has 0 saturated carbocycles. The molecule has 1 N–H and O–H groups in total. The van der Waals surface area contributed by atoms with Gasteiger partial charge in [0.05, 0.1) is 26.4 Å². The maximum Gasteiger partial charge on any atom is 0.305 e. The van der Waals surface area contributed by atoms with Crippen LogP contribution >= 0.6 is 0 Å². The lowest BCUT2D eigenvalue weighted by Gasteiger charge is -2.15. The van der Waals surface area contributed by atoms with Gasteiger partial charge in [0, 0.05) is 6.42 Å². The first kappa shape index (κ1) is 16.3. The molecule has 0 heterocycles. The van der Waals surface area contributed by atoms with Gasteiger partial charge in [-0.2, -0.15) is 0 Å². The number of aliphatic hydroxyl groups is 1. The molecule has 5 nitrogen and oxygen atoms in total. The summed E-state index contributed by atoms with van der Waals surface area (Å²) in [5, 5.41) is 10.1. The zero-order valence-corrected chi connectivity index (χ0v) is 12.2. The summed E-state index contributed by atoms with van der Waals surface area (Å²) in [4.78, 5) is 11.1. The van der Waals surface area contributed by atoms with E-state index >= 15 is 0 Å². The fraction of sp³-hybridized carbons (Fsp3) is 0.533. The average Bonchev–Trinajstić information content (AvgIpc) is 2.46. The summed E-state index contributed by atoms with van der Waals surface area (Å²) in [5.74, 6) is 0.919. The molecule has 5 heteroatoms. The Hall–Kier alpha value is -1.75. The summed E-state index contributed by atoms with van der Waals surface area (Å²) in [5.41, 5.74) is 0.695. The lowest BCUT2D eigenvalue weighted by Crippen LogP contribution is -2.06. The van der Waals surface area contributed by atoms with Crippen molar-refractivity contribution in [2.75, 3.05) is 20.3 Å². The van der Waals surface area contributed by atoms with E-state index in [9.17, 15) is 9.90 Å². The van der Waals surface area contributed by atoms with Crippen LogP contribution in [0.4, 0.5) is 0 Å². The Morgan fingerprint density at radius 1 is 1.20 bits per heavy atom. The third kappa shape index (κ3) is 4.74. The van der Waals surface area contributed by atoms with Crippen molar-refractivity contribution in [3.63, 3.8) is 0 Å². The molecule has 0 aliphatic carbocycles. The van der Waals surface area contributed by atoms with Crippen molar-refractivity contribution in [2.45, 2.75) is 32.8 Å². The molecule has 1 aromatic rings. The summed E-state index contributed by atoms with van der Waals surface area (Å²) < 4.78 is 15.5. The number of ether oxygens (including phenoxy) is 3. The summed E-state index contributed by atoms with van der Waals surface area (Å²) in [6.07, 6.45) is -0.245. The van der Waals surface area contributed by atoms with Gasteiger partial charge in [0.1, 0.15) is 0 Å². The molecular weight excluding hydrogens is 260 g/mol. The number of aliphatic hydroxyl groups excluding tert-OH is 1. The Balaban J connectivity index is 2.79. The highest BCUT2D eigenvalue weighted by Gasteiger charge is 2.14. The van der Waals surface area contributed by atoms with Crippen LogP contribution < -0.4 is 9.47 Å². The van der Waals surface area contributed by atoms with Crippen LogP contribution in [0.15, 0.2) is 18.2 Å². The summed E-state index contributed by atoms with van der Waals surface area (Å²) in [7, 11) is 1.33. The van der Waals surface area contributed by atoms with E-state index in [4.69, 9.17) is 9.47 Å². The topological polar surface area (TPSA) is 65.0 Å². The van der Waals surface area contributed by atoms with E-state index in [0.29, 0.717) is 36.7 Å². The van der Waals surface area contributed by atoms with Crippen molar-refractivity contribution in [1.29, 1.82) is 0 Å². The molecule has 112 valence electrons. The van der Waals surface area contributed by atoms with E-state index < -0.39 is 6.10 Å². The Bertz CT molecular complexity index is 430. The smallest absolute Gasteiger partial charge is 0.305 e. The predicted octanol–water partition coefficient (Wildman–Crippen LogP) is 2.47. The van der Waals surface area contributed by atoms with Crippen LogP contribution in [0.3, 0.4) is 0 Å². The van der Waals surface area contributed by atoms with Gasteiger partial charge in [0.2, 0.25) is 0 Å². The van der Waals surface area contributed by atoms with Crippen molar-refractivity contribution in [2.24, 2.45) is 0 Å². The van der Waals surface area contributed by atoms with Gasteiger partial charge in [-0.05, 0) is 38.0 Å². The number of carbonyl (C=O) groups excluding carboxylic acids is 1. The minimum atomic E-state index is -0.732. The van der Waals surface area contributed by atoms with E-state index in [2.05, 4.69) is 4.74 Å². The van der Waals surface area contributed by atoms with Crippen LogP contribution in [0.5, 0.6) is 11.5 Å². The van der Waals surface area contributed by atoms with Gasteiger partial charge in [-0.1, -0.05) is 6.07 Å². The molecule has 20 heavy (non-hydrogen) atoms. The van der Waals surface area contributed by atoms with Crippen LogP contribution in [-0.4, -0.2) is 31.4 Å². The van der Waals surface area contributed by atoms with E-state index in [0.717, 1.165) is 0 Å². The number of hydrogen-bond donors (Lipinski definition) is 1. The quantitative estimate of drug-likeness (QED) is 0.742. The number of benzene rings is 1. The molecular formula is C15H22O5. The SMILES string of the molecule is CCOc1ccc(C(O)CCC(=O)OC)cc1OCC. The maximum atomic E-state index is 11.1. The fourth-order valence-corrected chi connectivity index (χ4v) is 1.80. The molecule has 0 aliphatic rings. The number of hydrogen-bond acceptors (Lipinski definition) is 5. The number of carbonyl (C=O) groups is 1. The van der Waals surface area contributed by atoms with Gasteiger partial charge in [0.15, 0.2) is 11.5 Å². The lowest BCUT2D eigenvalue weighted by atomic mass is 10.0. The maximum absolute atomic E-state index is 11.1. The molecule has 1 rings (SSSR count). The molecule has 0 aromatic heterocycles. The molecule has 1 unspecified atom stereocenters. The van der Waals surface area contributed by atoms with E-state index in [1.54, 1.807) is 18.2 Å². The van der Waals surface area contributed by atoms with Crippen LogP contribution in [0.1, 0.15) is 38.4 Å². The average molecular weight is 282 g/mol. The first-order chi connectivity index (χ1) is 9.62. The van der Waals surface area contributed by atoms with Gasteiger partial charge in [-0.15, -0.1) is 0 Å². The van der Waals surface area contributed by atoms with Gasteiger partial charge >= 0.3 is 5.97 Å². The lowest BCUT2D eigenvalue weighted by molar-refractivity contribution is -0.141. The molecule has 1 atom stereocenters. The third-order valence-corrected chi connectivity index (χ3v) is 2.80. The molecule has 0 fully saturated rings. The highest BCUT2D eigenvalue weighted by Crippen LogP contribution is 2.31. The van der Waals surface area contributed by atoms with E-state index in [-0.39, 0.29) is 12.4 Å². The molecule has 0 bridgehead atoms. The van der Waals surface area contributed by atoms with Gasteiger partial charge in [0.25, 0.3) is 0 Å². The summed E-state index contributed by atoms with van der Waals surface area (Å²) in [6, 6.07) is 5.29. The molecule has 0 spiro atoms. The monoisotopic (exact) mass is 282 g/mol. The predicted molar refractivity (Wildman–Crippen MR) is 75.0 cm³/mol. The standard InChI is InChI=1S/C15H22O5/c1-4-19-13-8-6-11(10-14(13)20-5-2)12(16)7-9-15(17)18-3/h6,8,10,12,16H,4-5,7,9H2,1-3H3. The van der Waals surface area contributed by atoms with Gasteiger partial charge in [-0.3, -0.25) is 4.79 Å². The van der Waals surface area contributed by atoms with Crippen molar-refractivity contribution >= 4 is 5.97 Å². The third-order valence-electron chi connectivity index (χ3n) is 2.80. The normalized spacial score (nSPS) is 11.8. The minimum Gasteiger partial charge on any atom is -0.490 e. The van der Waals surface area contributed by atoms with Crippen LogP contribution in [-0.2, 0) is 9.53 Å². The Morgan fingerprint density at radius 3 is 2.45 bits per heavy atom. The fourth-order valence-electron chi connectivity index (χ4n) is 1.80. The first-order valence-electron chi connectivity index (χ1n) is 6.76. The number of methoxy groups -OCH3 is 1. The second kappa shape index (κ2) is 8.43. The van der Waals surface area contributed by atoms with Crippen LogP contribution in [0.2, 0.25) is 0 Å². The van der Waals surface area contributed by atoms with Gasteiger partial charge < -0.3 is 19.3 Å². The van der Waals surface area contributed by atoms with Gasteiger partial charge in [-0.25, -0.2) is 0 Å². The molecule has 1 aromatic carbocycles. The molecule has 0 amide bonds. The zero-order valence-electron chi connectivity index (χ0n) is 12.2. The first-order valence-corrected chi connectivity index (χ1v) is 6.76. The zero-order chi connectivity index (χ0) is 15.0. The van der Waals surface area contributed by atoms with Crippen molar-refractivity contribution in [3.05, 3.63) is 23.8 Å². The second-order valence-corrected chi connectivity index (χ2v) is 4.20. The molecule has 0 aliphatic heterocycles. The Labute approximate surface area is 119 Å². The minimum absolute atomic E-state index is 0.175. The highest BCUT2D eigenvalue weighted by atomic mass is 16.5. The molecule has 0 saturated heterocycles. The Kier molecular flexibility index (Phi) is 6.87. The van der Waals surface area contributed by atoms with Crippen molar-refractivity contribution in [1.82, 2.24) is 0 Å². The Morgan fingerprint density at radius 2 is 1.85 bits per heavy atom. The van der Waals surface area contributed by atoms with Crippen LogP contribution in [0.25, 0.3) is 0 Å². The number of rotatable bonds is 8. The highest BCUT2D eigenvalue weighted by molar-refractivity contribution is 5.69.